The molecule has 0 unspecified atom stereocenters. The van der Waals surface area contributed by atoms with Gasteiger partial charge in [0.05, 0.1) is 0 Å². The van der Waals surface area contributed by atoms with E-state index in [4.69, 9.17) is 0 Å². The third-order valence-electron chi connectivity index (χ3n) is 1.38. The van der Waals surface area contributed by atoms with Gasteiger partial charge in [-0.1, -0.05) is 20.8 Å². The predicted molar refractivity (Wildman–Crippen MR) is 42.3 cm³/mol. The fourth-order valence-electron chi connectivity index (χ4n) is 0.767. The number of imidazole rings is 1. The van der Waals surface area contributed by atoms with Gasteiger partial charge in [-0.3, -0.25) is 9.36 Å². The number of rotatable bonds is 0. The molecule has 1 aromatic heterocycles. The third-order valence-corrected chi connectivity index (χ3v) is 1.38. The van der Waals surface area contributed by atoms with Crippen molar-refractivity contribution in [2.75, 3.05) is 0 Å². The molecule has 0 aromatic carbocycles. The molecule has 0 aliphatic heterocycles. The summed E-state index contributed by atoms with van der Waals surface area (Å²) < 4.78 is 1.50. The van der Waals surface area contributed by atoms with Crippen molar-refractivity contribution >= 4 is 5.91 Å². The molecule has 0 bridgehead atoms. The molecule has 3 nitrogen and oxygen atoms in total. The van der Waals surface area contributed by atoms with Crippen LogP contribution in [0.1, 0.15) is 25.6 Å². The Morgan fingerprint density at radius 3 is 2.45 bits per heavy atom. The van der Waals surface area contributed by atoms with Gasteiger partial charge in [0.2, 0.25) is 5.91 Å². The third kappa shape index (κ3) is 1.67. The molecule has 0 fully saturated rings. The molecular formula is C8H12N2O. The Morgan fingerprint density at radius 2 is 2.09 bits per heavy atom. The first-order chi connectivity index (χ1) is 5.02. The molecule has 1 aromatic rings. The van der Waals surface area contributed by atoms with Gasteiger partial charge in [0, 0.05) is 17.8 Å². The van der Waals surface area contributed by atoms with Crippen LogP contribution in [0.25, 0.3) is 0 Å². The molecule has 0 saturated carbocycles. The number of aromatic nitrogens is 2. The van der Waals surface area contributed by atoms with E-state index in [1.54, 1.807) is 12.4 Å². The topological polar surface area (TPSA) is 34.9 Å². The van der Waals surface area contributed by atoms with Crippen LogP contribution in [-0.4, -0.2) is 15.5 Å². The summed E-state index contributed by atoms with van der Waals surface area (Å²) in [6.45, 7) is 5.65. The van der Waals surface area contributed by atoms with Crippen molar-refractivity contribution in [3.63, 3.8) is 0 Å². The fourth-order valence-corrected chi connectivity index (χ4v) is 0.767. The van der Waals surface area contributed by atoms with Crippen molar-refractivity contribution in [1.29, 1.82) is 0 Å². The van der Waals surface area contributed by atoms with E-state index in [1.807, 2.05) is 20.8 Å². The van der Waals surface area contributed by atoms with Gasteiger partial charge < -0.3 is 0 Å². The summed E-state index contributed by atoms with van der Waals surface area (Å²) in [5, 5.41) is 0. The lowest BCUT2D eigenvalue weighted by Gasteiger charge is -2.15. The Labute approximate surface area is 66.1 Å². The lowest BCUT2D eigenvalue weighted by molar-refractivity contribution is 0.0766. The van der Waals surface area contributed by atoms with Crippen molar-refractivity contribution in [1.82, 2.24) is 9.55 Å². The van der Waals surface area contributed by atoms with E-state index in [0.717, 1.165) is 0 Å². The minimum Gasteiger partial charge on any atom is -0.276 e. The molecule has 3 heteroatoms. The highest BCUT2D eigenvalue weighted by molar-refractivity contribution is 5.83. The van der Waals surface area contributed by atoms with E-state index < -0.39 is 0 Å². The molecule has 0 aliphatic rings. The first kappa shape index (κ1) is 7.98. The minimum absolute atomic E-state index is 0.0648. The zero-order chi connectivity index (χ0) is 8.48. The van der Waals surface area contributed by atoms with Crippen LogP contribution >= 0.6 is 0 Å². The molecule has 0 amide bonds. The fraction of sp³-hybridized carbons (Fsp3) is 0.500. The molecule has 0 N–H and O–H groups in total. The normalized spacial score (nSPS) is 11.5. The number of carbonyl (C=O) groups is 1. The van der Waals surface area contributed by atoms with Crippen molar-refractivity contribution in [3.05, 3.63) is 18.7 Å². The maximum atomic E-state index is 11.5. The molecule has 0 atom stereocenters. The van der Waals surface area contributed by atoms with E-state index in [2.05, 4.69) is 4.98 Å². The molecule has 1 rings (SSSR count). The SMILES string of the molecule is CC(C)(C)C(=O)n1ccnc1. The molecular weight excluding hydrogens is 140 g/mol. The van der Waals surface area contributed by atoms with E-state index >= 15 is 0 Å². The molecule has 1 heterocycles. The number of hydrogen-bond acceptors (Lipinski definition) is 2. The molecule has 0 saturated heterocycles. The quantitative estimate of drug-likeness (QED) is 0.565. The molecule has 60 valence electrons. The first-order valence-electron chi connectivity index (χ1n) is 3.54. The van der Waals surface area contributed by atoms with Crippen LogP contribution in [0.4, 0.5) is 0 Å². The van der Waals surface area contributed by atoms with Gasteiger partial charge >= 0.3 is 0 Å². The summed E-state index contributed by atoms with van der Waals surface area (Å²) in [5.41, 5.74) is -0.333. The average Bonchev–Trinajstić information content (AvgIpc) is 2.34. The predicted octanol–water partition coefficient (Wildman–Crippen LogP) is 1.57. The van der Waals surface area contributed by atoms with Crippen LogP contribution in [0.3, 0.4) is 0 Å². The maximum Gasteiger partial charge on any atom is 0.237 e. The van der Waals surface area contributed by atoms with Crippen molar-refractivity contribution in [3.8, 4) is 0 Å². The highest BCUT2D eigenvalue weighted by Crippen LogP contribution is 2.15. The Morgan fingerprint density at radius 1 is 1.45 bits per heavy atom. The molecule has 11 heavy (non-hydrogen) atoms. The Kier molecular flexibility index (Phi) is 1.81. The van der Waals surface area contributed by atoms with Gasteiger partial charge in [-0.05, 0) is 0 Å². The second kappa shape index (κ2) is 2.49. The summed E-state index contributed by atoms with van der Waals surface area (Å²) >= 11 is 0. The zero-order valence-electron chi connectivity index (χ0n) is 7.03. The van der Waals surface area contributed by atoms with Crippen LogP contribution < -0.4 is 0 Å². The van der Waals surface area contributed by atoms with Gasteiger partial charge in [0.1, 0.15) is 6.33 Å². The van der Waals surface area contributed by atoms with E-state index in [9.17, 15) is 4.79 Å². The lowest BCUT2D eigenvalue weighted by Crippen LogP contribution is -2.25. The van der Waals surface area contributed by atoms with Gasteiger partial charge in [-0.25, -0.2) is 4.98 Å². The van der Waals surface area contributed by atoms with Gasteiger partial charge in [-0.2, -0.15) is 0 Å². The Balaban J connectivity index is 2.88. The van der Waals surface area contributed by atoms with Crippen LogP contribution in [0.15, 0.2) is 18.7 Å². The number of nitrogens with zero attached hydrogens (tertiary/aromatic N) is 2. The monoisotopic (exact) mass is 152 g/mol. The van der Waals surface area contributed by atoms with E-state index in [0.29, 0.717) is 0 Å². The van der Waals surface area contributed by atoms with Gasteiger partial charge in [-0.15, -0.1) is 0 Å². The minimum atomic E-state index is -0.333. The second-order valence-electron chi connectivity index (χ2n) is 3.53. The zero-order valence-corrected chi connectivity index (χ0v) is 7.03. The summed E-state index contributed by atoms with van der Waals surface area (Å²) in [6.07, 6.45) is 4.78. The van der Waals surface area contributed by atoms with Crippen LogP contribution in [0.2, 0.25) is 0 Å². The second-order valence-corrected chi connectivity index (χ2v) is 3.53. The van der Waals surface area contributed by atoms with Crippen molar-refractivity contribution < 1.29 is 4.79 Å². The van der Waals surface area contributed by atoms with E-state index in [-0.39, 0.29) is 11.3 Å². The number of carbonyl (C=O) groups excluding carboxylic acids is 1. The van der Waals surface area contributed by atoms with E-state index in [1.165, 1.54) is 10.9 Å². The maximum absolute atomic E-state index is 11.5. The first-order valence-corrected chi connectivity index (χ1v) is 3.54. The largest absolute Gasteiger partial charge is 0.276 e. The Hall–Kier alpha value is -1.12. The van der Waals surface area contributed by atoms with Crippen molar-refractivity contribution in [2.24, 2.45) is 5.41 Å². The highest BCUT2D eigenvalue weighted by Gasteiger charge is 2.22. The van der Waals surface area contributed by atoms with Crippen LogP contribution in [-0.2, 0) is 0 Å². The summed E-state index contributed by atoms with van der Waals surface area (Å²) in [7, 11) is 0. The Bertz CT molecular complexity index is 244. The standard InChI is InChI=1S/C8H12N2O/c1-8(2,3)7(11)10-5-4-9-6-10/h4-6H,1-3H3. The lowest BCUT2D eigenvalue weighted by atomic mass is 9.96. The summed E-state index contributed by atoms with van der Waals surface area (Å²) in [6, 6.07) is 0. The summed E-state index contributed by atoms with van der Waals surface area (Å²) in [4.78, 5) is 15.2. The van der Waals surface area contributed by atoms with Crippen LogP contribution in [0, 0.1) is 5.41 Å². The highest BCUT2D eigenvalue weighted by atomic mass is 16.2. The molecule has 0 radical (unpaired) electrons. The van der Waals surface area contributed by atoms with Crippen LogP contribution in [0.5, 0.6) is 0 Å². The van der Waals surface area contributed by atoms with Gasteiger partial charge in [0.25, 0.3) is 0 Å². The molecule has 0 aliphatic carbocycles. The number of hydrogen-bond donors (Lipinski definition) is 0. The average molecular weight is 152 g/mol. The van der Waals surface area contributed by atoms with Gasteiger partial charge in [0.15, 0.2) is 0 Å². The van der Waals surface area contributed by atoms with Crippen molar-refractivity contribution in [2.45, 2.75) is 20.8 Å². The summed E-state index contributed by atoms with van der Waals surface area (Å²) in [5.74, 6) is 0.0648. The smallest absolute Gasteiger partial charge is 0.237 e. The molecule has 0 spiro atoms.